The van der Waals surface area contributed by atoms with Crippen molar-refractivity contribution in [3.8, 4) is 34.4 Å². The van der Waals surface area contributed by atoms with E-state index in [4.69, 9.17) is 13.9 Å². The highest BCUT2D eigenvalue weighted by molar-refractivity contribution is 5.57. The Kier molecular flexibility index (Phi) is 4.78. The summed E-state index contributed by atoms with van der Waals surface area (Å²) < 4.78 is 16.8. The summed E-state index contributed by atoms with van der Waals surface area (Å²) in [5.74, 6) is 2.47. The molecule has 6 nitrogen and oxygen atoms in total. The van der Waals surface area contributed by atoms with Gasteiger partial charge in [-0.25, -0.2) is 0 Å². The summed E-state index contributed by atoms with van der Waals surface area (Å²) in [5.41, 5.74) is 2.73. The van der Waals surface area contributed by atoms with Gasteiger partial charge >= 0.3 is 0 Å². The Hall–Kier alpha value is -3.67. The van der Waals surface area contributed by atoms with Gasteiger partial charge in [-0.2, -0.15) is 0 Å². The summed E-state index contributed by atoms with van der Waals surface area (Å²) in [6, 6.07) is 19.0. The van der Waals surface area contributed by atoms with Crippen molar-refractivity contribution in [2.24, 2.45) is 0 Å². The molecule has 0 amide bonds. The summed E-state index contributed by atoms with van der Waals surface area (Å²) in [4.78, 5) is 3.99. The Balaban J connectivity index is 1.44. The zero-order valence-corrected chi connectivity index (χ0v) is 14.7. The molecule has 0 aliphatic carbocycles. The highest BCUT2D eigenvalue weighted by Crippen LogP contribution is 2.24. The first-order chi connectivity index (χ1) is 13.3. The van der Waals surface area contributed by atoms with Gasteiger partial charge in [-0.3, -0.25) is 4.98 Å². The second-order valence-electron chi connectivity index (χ2n) is 5.81. The number of benzene rings is 2. The van der Waals surface area contributed by atoms with Crippen LogP contribution in [-0.2, 0) is 6.61 Å². The first-order valence-corrected chi connectivity index (χ1v) is 8.42. The Morgan fingerprint density at radius 3 is 2.19 bits per heavy atom. The van der Waals surface area contributed by atoms with Gasteiger partial charge in [0.2, 0.25) is 11.8 Å². The number of methoxy groups -OCH3 is 1. The number of hydrogen-bond acceptors (Lipinski definition) is 6. The van der Waals surface area contributed by atoms with Crippen LogP contribution in [0.1, 0.15) is 5.56 Å². The SMILES string of the molecule is COc1cccc(OCc2ccc(-c3nnc(-c4ccncc4)o3)cc2)c1. The van der Waals surface area contributed by atoms with Crippen LogP contribution in [0.2, 0.25) is 0 Å². The molecule has 0 fully saturated rings. The maximum atomic E-state index is 5.80. The molecular weight excluding hydrogens is 342 g/mol. The molecule has 0 aliphatic rings. The van der Waals surface area contributed by atoms with Gasteiger partial charge in [-0.15, -0.1) is 10.2 Å². The maximum Gasteiger partial charge on any atom is 0.248 e. The summed E-state index contributed by atoms with van der Waals surface area (Å²) in [6.07, 6.45) is 3.38. The van der Waals surface area contributed by atoms with E-state index in [1.54, 1.807) is 19.5 Å². The molecule has 0 unspecified atom stereocenters. The molecule has 2 heterocycles. The van der Waals surface area contributed by atoms with E-state index in [0.29, 0.717) is 18.4 Å². The van der Waals surface area contributed by atoms with E-state index in [9.17, 15) is 0 Å². The lowest BCUT2D eigenvalue weighted by atomic mass is 10.1. The smallest absolute Gasteiger partial charge is 0.248 e. The van der Waals surface area contributed by atoms with Crippen molar-refractivity contribution in [2.45, 2.75) is 6.61 Å². The molecule has 4 rings (SSSR count). The molecule has 6 heteroatoms. The van der Waals surface area contributed by atoms with Crippen molar-refractivity contribution >= 4 is 0 Å². The van der Waals surface area contributed by atoms with Gasteiger partial charge < -0.3 is 13.9 Å². The first-order valence-electron chi connectivity index (χ1n) is 8.42. The van der Waals surface area contributed by atoms with Crippen molar-refractivity contribution in [2.75, 3.05) is 7.11 Å². The molecule has 0 aliphatic heterocycles. The summed E-state index contributed by atoms with van der Waals surface area (Å²) >= 11 is 0. The minimum absolute atomic E-state index is 0.458. The molecule has 4 aromatic rings. The van der Waals surface area contributed by atoms with E-state index < -0.39 is 0 Å². The molecule has 0 saturated heterocycles. The van der Waals surface area contributed by atoms with Gasteiger partial charge in [0, 0.05) is 29.6 Å². The highest BCUT2D eigenvalue weighted by Gasteiger charge is 2.10. The molecule has 0 bridgehead atoms. The first kappa shape index (κ1) is 16.8. The third kappa shape index (κ3) is 3.95. The molecule has 0 saturated carbocycles. The van der Waals surface area contributed by atoms with Gasteiger partial charge in [-0.05, 0) is 42.0 Å². The molecule has 0 atom stereocenters. The second kappa shape index (κ2) is 7.70. The normalized spacial score (nSPS) is 10.6. The molecule has 0 radical (unpaired) electrons. The lowest BCUT2D eigenvalue weighted by molar-refractivity contribution is 0.303. The number of aromatic nitrogens is 3. The van der Waals surface area contributed by atoms with Crippen molar-refractivity contribution in [1.29, 1.82) is 0 Å². The quantitative estimate of drug-likeness (QED) is 0.509. The fourth-order valence-electron chi connectivity index (χ4n) is 2.55. The topological polar surface area (TPSA) is 70.3 Å². The van der Waals surface area contributed by atoms with Crippen LogP contribution in [0.5, 0.6) is 11.5 Å². The minimum Gasteiger partial charge on any atom is -0.497 e. The molecule has 0 N–H and O–H groups in total. The van der Waals surface area contributed by atoms with Crippen LogP contribution < -0.4 is 9.47 Å². The van der Waals surface area contributed by atoms with E-state index in [1.165, 1.54) is 0 Å². The largest absolute Gasteiger partial charge is 0.497 e. The van der Waals surface area contributed by atoms with Crippen LogP contribution in [0.3, 0.4) is 0 Å². The standard InChI is InChI=1S/C21H17N3O3/c1-25-18-3-2-4-19(13-18)26-14-15-5-7-16(8-6-15)20-23-24-21(27-20)17-9-11-22-12-10-17/h2-13H,14H2,1H3. The number of pyridine rings is 1. The van der Waals surface area contributed by atoms with Crippen LogP contribution in [0.25, 0.3) is 22.9 Å². The van der Waals surface area contributed by atoms with E-state index in [1.807, 2.05) is 60.7 Å². The van der Waals surface area contributed by atoms with Crippen molar-refractivity contribution in [3.05, 3.63) is 78.6 Å². The average molecular weight is 359 g/mol. The number of rotatable bonds is 6. The monoisotopic (exact) mass is 359 g/mol. The van der Waals surface area contributed by atoms with E-state index >= 15 is 0 Å². The fourth-order valence-corrected chi connectivity index (χ4v) is 2.55. The Morgan fingerprint density at radius 1 is 0.815 bits per heavy atom. The predicted molar refractivity (Wildman–Crippen MR) is 100 cm³/mol. The molecule has 0 spiro atoms. The lowest BCUT2D eigenvalue weighted by Gasteiger charge is -2.08. The predicted octanol–water partition coefficient (Wildman–Crippen LogP) is 4.39. The number of hydrogen-bond donors (Lipinski definition) is 0. The van der Waals surface area contributed by atoms with E-state index in [2.05, 4.69) is 15.2 Å². The Morgan fingerprint density at radius 2 is 1.48 bits per heavy atom. The lowest BCUT2D eigenvalue weighted by Crippen LogP contribution is -1.95. The maximum absolute atomic E-state index is 5.80. The zero-order chi connectivity index (χ0) is 18.5. The Labute approximate surface area is 156 Å². The van der Waals surface area contributed by atoms with Crippen LogP contribution in [0.15, 0.2) is 77.5 Å². The van der Waals surface area contributed by atoms with Gasteiger partial charge in [0.25, 0.3) is 0 Å². The van der Waals surface area contributed by atoms with Crippen molar-refractivity contribution in [3.63, 3.8) is 0 Å². The van der Waals surface area contributed by atoms with Crippen molar-refractivity contribution < 1.29 is 13.9 Å². The van der Waals surface area contributed by atoms with Crippen LogP contribution >= 0.6 is 0 Å². The summed E-state index contributed by atoms with van der Waals surface area (Å²) in [5, 5.41) is 8.22. The number of ether oxygens (including phenoxy) is 2. The van der Waals surface area contributed by atoms with E-state index in [0.717, 1.165) is 28.2 Å². The van der Waals surface area contributed by atoms with Gasteiger partial charge in [0.1, 0.15) is 18.1 Å². The van der Waals surface area contributed by atoms with Gasteiger partial charge in [-0.1, -0.05) is 18.2 Å². The van der Waals surface area contributed by atoms with E-state index in [-0.39, 0.29) is 0 Å². The molecule has 2 aromatic carbocycles. The molecule has 2 aromatic heterocycles. The van der Waals surface area contributed by atoms with Crippen LogP contribution in [0.4, 0.5) is 0 Å². The van der Waals surface area contributed by atoms with Crippen LogP contribution in [0, 0.1) is 0 Å². The van der Waals surface area contributed by atoms with Crippen molar-refractivity contribution in [1.82, 2.24) is 15.2 Å². The molecule has 27 heavy (non-hydrogen) atoms. The number of nitrogens with zero attached hydrogens (tertiary/aromatic N) is 3. The Bertz CT molecular complexity index is 1010. The van der Waals surface area contributed by atoms with Crippen LogP contribution in [-0.4, -0.2) is 22.3 Å². The minimum atomic E-state index is 0.458. The summed E-state index contributed by atoms with van der Waals surface area (Å²) in [6.45, 7) is 0.458. The highest BCUT2D eigenvalue weighted by atomic mass is 16.5. The second-order valence-corrected chi connectivity index (χ2v) is 5.81. The third-order valence-corrected chi connectivity index (χ3v) is 4.00. The average Bonchev–Trinajstić information content (AvgIpc) is 3.24. The van der Waals surface area contributed by atoms with Gasteiger partial charge in [0.15, 0.2) is 0 Å². The third-order valence-electron chi connectivity index (χ3n) is 4.00. The summed E-state index contributed by atoms with van der Waals surface area (Å²) in [7, 11) is 1.63. The molecule has 134 valence electrons. The van der Waals surface area contributed by atoms with Gasteiger partial charge in [0.05, 0.1) is 7.11 Å². The fraction of sp³-hybridized carbons (Fsp3) is 0.0952. The zero-order valence-electron chi connectivity index (χ0n) is 14.7. The molecular formula is C21H17N3O3.